The minimum atomic E-state index is -0.833. The molecule has 3 rings (SSSR count). The van der Waals surface area contributed by atoms with Gasteiger partial charge in [0.25, 0.3) is 5.97 Å². The van der Waals surface area contributed by atoms with Crippen LogP contribution in [0, 0.1) is 7.14 Å². The predicted molar refractivity (Wildman–Crippen MR) is 138 cm³/mol. The second-order valence-corrected chi connectivity index (χ2v) is 8.96. The number of carboxylic acid groups (broad SMARTS) is 1. The largest absolute Gasteiger partial charge is 0.490 e. The van der Waals surface area contributed by atoms with Gasteiger partial charge in [-0.1, -0.05) is 32.0 Å². The average molecular weight is 649 g/mol. The van der Waals surface area contributed by atoms with Crippen molar-refractivity contribution in [2.24, 2.45) is 0 Å². The Morgan fingerprint density at radius 1 is 1.10 bits per heavy atom. The highest BCUT2D eigenvalue weighted by Gasteiger charge is 2.19. The summed E-state index contributed by atoms with van der Waals surface area (Å²) in [5.74, 6) is -0.0255. The number of benzene rings is 2. The first-order valence-electron chi connectivity index (χ1n) is 9.83. The molecule has 0 spiro atoms. The Morgan fingerprint density at radius 3 is 2.26 bits per heavy atom. The number of carboxylic acids is 1. The second-order valence-electron chi connectivity index (χ2n) is 6.64. The van der Waals surface area contributed by atoms with Crippen LogP contribution in [0.3, 0.4) is 0 Å². The van der Waals surface area contributed by atoms with Crippen LogP contribution in [0.4, 0.5) is 0 Å². The van der Waals surface area contributed by atoms with Gasteiger partial charge in [-0.15, -0.1) is 0 Å². The molecule has 0 fully saturated rings. The summed E-state index contributed by atoms with van der Waals surface area (Å²) < 4.78 is 13.4. The molecule has 6 nitrogen and oxygen atoms in total. The number of ether oxygens (including phenoxy) is 1. The maximum atomic E-state index is 13.0. The predicted octanol–water partition coefficient (Wildman–Crippen LogP) is 5.68. The fraction of sp³-hybridized carbons (Fsp3) is 0.304. The molecule has 8 heteroatoms. The standard InChI is InChI=1S/C21H21I2NO3.C2H4O2/c1-3-24(4-2)9-10-26-21-17(22)11-14(12-18(21)23)20(25)16-13-27-19-8-6-5-7-15(16)19;1-2(3)4/h5-8,11-13H,3-4,9-10H2,1-2H3;1H3,(H,3,4). The van der Waals surface area contributed by atoms with Gasteiger partial charge in [0.1, 0.15) is 24.2 Å². The van der Waals surface area contributed by atoms with Gasteiger partial charge in [-0.2, -0.15) is 0 Å². The number of halogens is 2. The Hall–Kier alpha value is -1.66. The SMILES string of the molecule is CC(=O)O.CCN(CC)CCOc1c(I)cc(C(=O)c2coc3ccccc23)cc1I. The zero-order valence-corrected chi connectivity index (χ0v) is 22.0. The number of hydrogen-bond donors (Lipinski definition) is 1. The van der Waals surface area contributed by atoms with Crippen molar-refractivity contribution in [1.29, 1.82) is 0 Å². The van der Waals surface area contributed by atoms with E-state index < -0.39 is 5.97 Å². The van der Waals surface area contributed by atoms with Crippen LogP contribution in [0.1, 0.15) is 36.7 Å². The minimum absolute atomic E-state index is 0.0366. The summed E-state index contributed by atoms with van der Waals surface area (Å²) in [6, 6.07) is 11.4. The lowest BCUT2D eigenvalue weighted by Crippen LogP contribution is -2.28. The number of rotatable bonds is 8. The molecule has 3 aromatic rings. The van der Waals surface area contributed by atoms with Gasteiger partial charge in [-0.05, 0) is 76.5 Å². The summed E-state index contributed by atoms with van der Waals surface area (Å²) in [7, 11) is 0. The molecule has 1 heterocycles. The normalized spacial score (nSPS) is 10.6. The molecule has 0 atom stereocenters. The van der Waals surface area contributed by atoms with E-state index >= 15 is 0 Å². The molecule has 0 radical (unpaired) electrons. The van der Waals surface area contributed by atoms with Crippen LogP contribution in [0.15, 0.2) is 47.1 Å². The van der Waals surface area contributed by atoms with Gasteiger partial charge in [-0.25, -0.2) is 0 Å². The smallest absolute Gasteiger partial charge is 0.300 e. The first kappa shape index (κ1) is 25.6. The number of fused-ring (bicyclic) bond motifs is 1. The van der Waals surface area contributed by atoms with E-state index in [1.165, 1.54) is 0 Å². The van der Waals surface area contributed by atoms with Gasteiger partial charge in [0.2, 0.25) is 0 Å². The number of carbonyl (C=O) groups is 2. The van der Waals surface area contributed by atoms with E-state index in [9.17, 15) is 4.79 Å². The zero-order valence-electron chi connectivity index (χ0n) is 17.7. The van der Waals surface area contributed by atoms with Crippen molar-refractivity contribution in [1.82, 2.24) is 4.90 Å². The Morgan fingerprint density at radius 2 is 1.68 bits per heavy atom. The average Bonchev–Trinajstić information content (AvgIpc) is 3.16. The van der Waals surface area contributed by atoms with Gasteiger partial charge in [0, 0.05) is 24.4 Å². The molecule has 0 amide bonds. The zero-order chi connectivity index (χ0) is 23.0. The summed E-state index contributed by atoms with van der Waals surface area (Å²) in [6.45, 7) is 8.93. The maximum Gasteiger partial charge on any atom is 0.300 e. The van der Waals surface area contributed by atoms with Gasteiger partial charge in [-0.3, -0.25) is 9.59 Å². The summed E-state index contributed by atoms with van der Waals surface area (Å²) in [4.78, 5) is 24.3. The Kier molecular flexibility index (Phi) is 10.2. The molecule has 0 aliphatic carbocycles. The topological polar surface area (TPSA) is 80.0 Å². The lowest BCUT2D eigenvalue weighted by atomic mass is 10.0. The molecule has 0 aliphatic rings. The number of carbonyl (C=O) groups excluding carboxylic acids is 1. The number of likely N-dealkylation sites (N-methyl/N-ethyl adjacent to an activating group) is 1. The van der Waals surface area contributed by atoms with E-state index in [1.807, 2.05) is 36.4 Å². The highest BCUT2D eigenvalue weighted by atomic mass is 127. The number of furan rings is 1. The first-order chi connectivity index (χ1) is 14.8. The Labute approximate surface area is 209 Å². The molecule has 0 saturated carbocycles. The molecule has 2 aromatic carbocycles. The molecular weight excluding hydrogens is 624 g/mol. The summed E-state index contributed by atoms with van der Waals surface area (Å²) in [5, 5.41) is 8.26. The van der Waals surface area contributed by atoms with Crippen LogP contribution in [0.2, 0.25) is 0 Å². The van der Waals surface area contributed by atoms with Gasteiger partial charge < -0.3 is 19.2 Å². The van der Waals surface area contributed by atoms with Crippen molar-refractivity contribution in [2.45, 2.75) is 20.8 Å². The van der Waals surface area contributed by atoms with E-state index in [0.29, 0.717) is 17.7 Å². The molecule has 1 aromatic heterocycles. The number of hydrogen-bond acceptors (Lipinski definition) is 5. The van der Waals surface area contributed by atoms with Crippen molar-refractivity contribution in [2.75, 3.05) is 26.2 Å². The summed E-state index contributed by atoms with van der Waals surface area (Å²) in [5.41, 5.74) is 1.96. The lowest BCUT2D eigenvalue weighted by Gasteiger charge is -2.19. The van der Waals surface area contributed by atoms with Crippen molar-refractivity contribution in [3.63, 3.8) is 0 Å². The van der Waals surface area contributed by atoms with E-state index in [-0.39, 0.29) is 5.78 Å². The van der Waals surface area contributed by atoms with Crippen molar-refractivity contribution < 1.29 is 23.8 Å². The summed E-state index contributed by atoms with van der Waals surface area (Å²) >= 11 is 4.47. The number of nitrogens with zero attached hydrogens (tertiary/aromatic N) is 1. The molecule has 0 unspecified atom stereocenters. The van der Waals surface area contributed by atoms with E-state index in [4.69, 9.17) is 19.1 Å². The van der Waals surface area contributed by atoms with Crippen LogP contribution in [0.25, 0.3) is 11.0 Å². The van der Waals surface area contributed by atoms with Crippen molar-refractivity contribution in [3.8, 4) is 5.75 Å². The second kappa shape index (κ2) is 12.4. The van der Waals surface area contributed by atoms with E-state index in [0.717, 1.165) is 50.4 Å². The fourth-order valence-corrected chi connectivity index (χ4v) is 5.03. The van der Waals surface area contributed by atoms with Crippen LogP contribution >= 0.6 is 45.2 Å². The van der Waals surface area contributed by atoms with E-state index in [1.54, 1.807) is 6.26 Å². The van der Waals surface area contributed by atoms with Crippen LogP contribution in [0.5, 0.6) is 5.75 Å². The molecule has 166 valence electrons. The number of aliphatic carboxylic acids is 1. The third kappa shape index (κ3) is 7.18. The molecule has 0 aliphatic heterocycles. The quantitative estimate of drug-likeness (QED) is 0.250. The molecular formula is C23H25I2NO5. The lowest BCUT2D eigenvalue weighted by molar-refractivity contribution is -0.134. The highest BCUT2D eigenvalue weighted by molar-refractivity contribution is 14.1. The monoisotopic (exact) mass is 649 g/mol. The number of ketones is 1. The van der Waals surface area contributed by atoms with Crippen molar-refractivity contribution in [3.05, 3.63) is 60.9 Å². The van der Waals surface area contributed by atoms with Gasteiger partial charge >= 0.3 is 0 Å². The Balaban J connectivity index is 0.000000785. The van der Waals surface area contributed by atoms with Gasteiger partial charge in [0.05, 0.1) is 12.7 Å². The highest BCUT2D eigenvalue weighted by Crippen LogP contribution is 2.31. The third-order valence-corrected chi connectivity index (χ3v) is 6.14. The minimum Gasteiger partial charge on any atom is -0.490 e. The molecule has 0 saturated heterocycles. The summed E-state index contributed by atoms with van der Waals surface area (Å²) in [6.07, 6.45) is 1.54. The Bertz CT molecular complexity index is 1020. The van der Waals surface area contributed by atoms with Crippen LogP contribution < -0.4 is 4.74 Å². The fourth-order valence-electron chi connectivity index (χ4n) is 2.95. The van der Waals surface area contributed by atoms with Crippen LogP contribution in [-0.2, 0) is 4.79 Å². The third-order valence-electron chi connectivity index (χ3n) is 4.53. The maximum absolute atomic E-state index is 13.0. The van der Waals surface area contributed by atoms with Gasteiger partial charge in [0.15, 0.2) is 5.78 Å². The molecule has 1 N–H and O–H groups in total. The van der Waals surface area contributed by atoms with Crippen LogP contribution in [-0.4, -0.2) is 48.0 Å². The number of para-hydroxylation sites is 1. The molecule has 0 bridgehead atoms. The molecule has 31 heavy (non-hydrogen) atoms. The van der Waals surface area contributed by atoms with Crippen molar-refractivity contribution >= 4 is 67.9 Å². The van der Waals surface area contributed by atoms with E-state index in [2.05, 4.69) is 63.9 Å². The first-order valence-corrected chi connectivity index (χ1v) is 12.0.